The Hall–Kier alpha value is -3.79. The molecule has 1 aliphatic rings. The lowest BCUT2D eigenvalue weighted by Gasteiger charge is -2.36. The molecule has 1 N–H and O–H groups in total. The molecule has 1 saturated heterocycles. The standard InChI is InChI=1S/C29H35F2N7O/c1-6-36-10-12-37(13-11-36)24-9-8-21(16-26(24)39-7-2)34-29-32-17-23(31)27(35-29)20-14-22(30)28-25(15-20)38(18(3)4)19(5)33-28/h8-9,14-18H,6-7,10-13H2,1-5H3,(H,32,34,35). The van der Waals surface area contributed by atoms with Gasteiger partial charge in [-0.15, -0.1) is 0 Å². The van der Waals surface area contributed by atoms with Crippen molar-refractivity contribution in [3.8, 4) is 17.0 Å². The van der Waals surface area contributed by atoms with Crippen LogP contribution in [0.2, 0.25) is 0 Å². The summed E-state index contributed by atoms with van der Waals surface area (Å²) in [5, 5.41) is 3.17. The van der Waals surface area contributed by atoms with Crippen LogP contribution in [0.25, 0.3) is 22.3 Å². The fourth-order valence-corrected chi connectivity index (χ4v) is 5.25. The van der Waals surface area contributed by atoms with Crippen molar-refractivity contribution in [3.63, 3.8) is 0 Å². The van der Waals surface area contributed by atoms with E-state index in [0.29, 0.717) is 29.2 Å². The van der Waals surface area contributed by atoms with Crippen LogP contribution in [-0.4, -0.2) is 63.7 Å². The molecule has 0 saturated carbocycles. The molecule has 0 radical (unpaired) electrons. The van der Waals surface area contributed by atoms with Crippen molar-refractivity contribution in [2.45, 2.75) is 40.7 Å². The molecule has 1 fully saturated rings. The molecule has 4 aromatic rings. The van der Waals surface area contributed by atoms with Gasteiger partial charge < -0.3 is 24.4 Å². The zero-order chi connectivity index (χ0) is 27.7. The Morgan fingerprint density at radius 2 is 1.77 bits per heavy atom. The first-order chi connectivity index (χ1) is 18.8. The molecule has 0 aliphatic carbocycles. The Bertz CT molecular complexity index is 1480. The molecule has 3 heterocycles. The monoisotopic (exact) mass is 535 g/mol. The van der Waals surface area contributed by atoms with E-state index < -0.39 is 11.6 Å². The van der Waals surface area contributed by atoms with E-state index in [9.17, 15) is 4.39 Å². The largest absolute Gasteiger partial charge is 0.492 e. The van der Waals surface area contributed by atoms with Gasteiger partial charge in [0.1, 0.15) is 22.8 Å². The highest BCUT2D eigenvalue weighted by molar-refractivity contribution is 5.83. The van der Waals surface area contributed by atoms with E-state index in [-0.39, 0.29) is 23.2 Å². The van der Waals surface area contributed by atoms with Gasteiger partial charge in [0, 0.05) is 49.5 Å². The van der Waals surface area contributed by atoms with Crippen LogP contribution < -0.4 is 15.0 Å². The molecule has 8 nitrogen and oxygen atoms in total. The second-order valence-electron chi connectivity index (χ2n) is 10.0. The lowest BCUT2D eigenvalue weighted by Crippen LogP contribution is -2.46. The van der Waals surface area contributed by atoms with Gasteiger partial charge in [-0.25, -0.2) is 23.7 Å². The molecule has 0 bridgehead atoms. The minimum absolute atomic E-state index is 0.0120. The minimum atomic E-state index is -0.636. The molecule has 10 heteroatoms. The number of benzene rings is 2. The van der Waals surface area contributed by atoms with Gasteiger partial charge in [-0.05, 0) is 58.5 Å². The number of piperazine rings is 1. The first-order valence-corrected chi connectivity index (χ1v) is 13.5. The SMILES string of the molecule is CCOc1cc(Nc2ncc(F)c(-c3cc(F)c4nc(C)n(C(C)C)c4c3)n2)ccc1N1CCN(CC)CC1. The third-order valence-electron chi connectivity index (χ3n) is 7.13. The Labute approximate surface area is 227 Å². The Morgan fingerprint density at radius 1 is 1.00 bits per heavy atom. The van der Waals surface area contributed by atoms with E-state index in [0.717, 1.165) is 50.4 Å². The number of fused-ring (bicyclic) bond motifs is 1. The van der Waals surface area contributed by atoms with Crippen LogP contribution in [0.3, 0.4) is 0 Å². The van der Waals surface area contributed by atoms with Crippen molar-refractivity contribution in [2.24, 2.45) is 0 Å². The number of aromatic nitrogens is 4. The summed E-state index contributed by atoms with van der Waals surface area (Å²) in [5.74, 6) is 0.506. The van der Waals surface area contributed by atoms with E-state index in [1.807, 2.05) is 50.5 Å². The van der Waals surface area contributed by atoms with E-state index in [1.54, 1.807) is 6.07 Å². The summed E-state index contributed by atoms with van der Waals surface area (Å²) in [6, 6.07) is 8.94. The lowest BCUT2D eigenvalue weighted by atomic mass is 10.1. The van der Waals surface area contributed by atoms with Gasteiger partial charge in [0.2, 0.25) is 5.95 Å². The van der Waals surface area contributed by atoms with Gasteiger partial charge in [-0.1, -0.05) is 6.92 Å². The number of halogens is 2. The number of imidazole rings is 1. The molecule has 2 aromatic carbocycles. The third kappa shape index (κ3) is 5.38. The van der Waals surface area contributed by atoms with Crippen molar-refractivity contribution in [2.75, 3.05) is 49.5 Å². The first-order valence-electron chi connectivity index (χ1n) is 13.5. The number of rotatable bonds is 8. The smallest absolute Gasteiger partial charge is 0.227 e. The number of hydrogen-bond acceptors (Lipinski definition) is 7. The highest BCUT2D eigenvalue weighted by Crippen LogP contribution is 2.34. The molecule has 206 valence electrons. The predicted octanol–water partition coefficient (Wildman–Crippen LogP) is 5.95. The summed E-state index contributed by atoms with van der Waals surface area (Å²) < 4.78 is 37.9. The molecule has 0 unspecified atom stereocenters. The van der Waals surface area contributed by atoms with Crippen LogP contribution in [0, 0.1) is 18.6 Å². The van der Waals surface area contributed by atoms with Crippen molar-refractivity contribution in [3.05, 3.63) is 54.0 Å². The van der Waals surface area contributed by atoms with Gasteiger partial charge in [-0.2, -0.15) is 0 Å². The zero-order valence-electron chi connectivity index (χ0n) is 23.1. The third-order valence-corrected chi connectivity index (χ3v) is 7.13. The summed E-state index contributed by atoms with van der Waals surface area (Å²) in [5.41, 5.74) is 2.94. The molecule has 0 amide bonds. The number of likely N-dealkylation sites (N-methyl/N-ethyl adjacent to an activating group) is 1. The predicted molar refractivity (Wildman–Crippen MR) is 151 cm³/mol. The molecule has 39 heavy (non-hydrogen) atoms. The van der Waals surface area contributed by atoms with Crippen LogP contribution in [0.4, 0.5) is 26.1 Å². The number of nitrogens with one attached hydrogen (secondary N) is 1. The molecular weight excluding hydrogens is 500 g/mol. The summed E-state index contributed by atoms with van der Waals surface area (Å²) >= 11 is 0. The number of anilines is 3. The maximum Gasteiger partial charge on any atom is 0.227 e. The van der Waals surface area contributed by atoms with Crippen LogP contribution in [0.5, 0.6) is 5.75 Å². The van der Waals surface area contributed by atoms with Gasteiger partial charge in [0.15, 0.2) is 11.6 Å². The molecule has 0 atom stereocenters. The van der Waals surface area contributed by atoms with Gasteiger partial charge in [0.25, 0.3) is 0 Å². The van der Waals surface area contributed by atoms with Crippen molar-refractivity contribution in [1.29, 1.82) is 0 Å². The normalized spacial score (nSPS) is 14.4. The number of nitrogens with zero attached hydrogens (tertiary/aromatic N) is 6. The fourth-order valence-electron chi connectivity index (χ4n) is 5.25. The second-order valence-corrected chi connectivity index (χ2v) is 10.0. The Morgan fingerprint density at radius 3 is 2.46 bits per heavy atom. The molecule has 5 rings (SSSR count). The van der Waals surface area contributed by atoms with E-state index in [4.69, 9.17) is 4.74 Å². The van der Waals surface area contributed by atoms with Crippen LogP contribution in [0.15, 0.2) is 36.5 Å². The highest BCUT2D eigenvalue weighted by Gasteiger charge is 2.21. The van der Waals surface area contributed by atoms with Crippen molar-refractivity contribution < 1.29 is 13.5 Å². The zero-order valence-corrected chi connectivity index (χ0v) is 23.1. The first kappa shape index (κ1) is 26.8. The number of aryl methyl sites for hydroxylation is 1. The Balaban J connectivity index is 1.45. The number of hydrogen-bond donors (Lipinski definition) is 1. The average Bonchev–Trinajstić information content (AvgIpc) is 3.27. The van der Waals surface area contributed by atoms with E-state index in [2.05, 4.69) is 37.0 Å². The van der Waals surface area contributed by atoms with E-state index in [1.165, 1.54) is 6.07 Å². The summed E-state index contributed by atoms with van der Waals surface area (Å²) in [4.78, 5) is 17.7. The highest BCUT2D eigenvalue weighted by atomic mass is 19.1. The fraction of sp³-hybridized carbons (Fsp3) is 0.414. The minimum Gasteiger partial charge on any atom is -0.492 e. The quantitative estimate of drug-likeness (QED) is 0.299. The number of ether oxygens (including phenoxy) is 1. The molecule has 1 aliphatic heterocycles. The molecular formula is C29H35F2N7O. The Kier molecular flexibility index (Phi) is 7.65. The van der Waals surface area contributed by atoms with Crippen molar-refractivity contribution >= 4 is 28.4 Å². The summed E-state index contributed by atoms with van der Waals surface area (Å²) in [7, 11) is 0. The summed E-state index contributed by atoms with van der Waals surface area (Å²) in [6.07, 6.45) is 1.10. The topological polar surface area (TPSA) is 71.3 Å². The van der Waals surface area contributed by atoms with Gasteiger partial charge in [-0.3, -0.25) is 0 Å². The average molecular weight is 536 g/mol. The second kappa shape index (κ2) is 11.1. The van der Waals surface area contributed by atoms with Gasteiger partial charge >= 0.3 is 0 Å². The van der Waals surface area contributed by atoms with Crippen LogP contribution >= 0.6 is 0 Å². The van der Waals surface area contributed by atoms with Crippen molar-refractivity contribution in [1.82, 2.24) is 24.4 Å². The summed E-state index contributed by atoms with van der Waals surface area (Å²) in [6.45, 7) is 15.4. The lowest BCUT2D eigenvalue weighted by molar-refractivity contribution is 0.269. The maximum absolute atomic E-state index is 15.0. The van der Waals surface area contributed by atoms with E-state index >= 15 is 4.39 Å². The maximum atomic E-state index is 15.0. The molecule has 2 aromatic heterocycles. The van der Waals surface area contributed by atoms with Gasteiger partial charge in [0.05, 0.1) is 24.0 Å². The van der Waals surface area contributed by atoms with Crippen LogP contribution in [0.1, 0.15) is 39.6 Å². The van der Waals surface area contributed by atoms with Crippen LogP contribution in [-0.2, 0) is 0 Å². The molecule has 0 spiro atoms.